The quantitative estimate of drug-likeness (QED) is 0.491. The molecule has 0 aliphatic heterocycles. The molecular weight excluding hydrogens is 356 g/mol. The molecule has 0 amide bonds. The van der Waals surface area contributed by atoms with Gasteiger partial charge in [-0.15, -0.1) is 0 Å². The Kier molecular flexibility index (Phi) is 15.6. The van der Waals surface area contributed by atoms with Crippen LogP contribution in [0.3, 0.4) is 0 Å². The number of hydrogen-bond donors (Lipinski definition) is 0. The van der Waals surface area contributed by atoms with Crippen molar-refractivity contribution in [1.29, 1.82) is 0 Å². The number of rotatable bonds is 3. The molecule has 0 aliphatic carbocycles. The Hall–Kier alpha value is -0.740. The van der Waals surface area contributed by atoms with Crippen LogP contribution >= 0.6 is 0 Å². The number of unbranched alkanes of at least 4 members (excludes halogenated alkanes) is 1. The molecule has 4 heteroatoms. The third-order valence-electron chi connectivity index (χ3n) is 2.15. The monoisotopic (exact) mass is 374 g/mol. The van der Waals surface area contributed by atoms with Crippen molar-refractivity contribution in [2.45, 2.75) is 26.3 Å². The molecule has 0 aliphatic rings. The van der Waals surface area contributed by atoms with Crippen molar-refractivity contribution in [3.05, 3.63) is 61.2 Å². The van der Waals surface area contributed by atoms with Crippen molar-refractivity contribution in [2.24, 2.45) is 0 Å². The predicted molar refractivity (Wildman–Crippen MR) is 64.5 cm³/mol. The van der Waals surface area contributed by atoms with Crippen molar-refractivity contribution in [3.8, 4) is 0 Å². The molecule has 2 aromatic heterocycles. The lowest BCUT2D eigenvalue weighted by atomic mass is 10.3. The van der Waals surface area contributed by atoms with E-state index in [4.69, 9.17) is 0 Å². The lowest BCUT2D eigenvalue weighted by Crippen LogP contribution is -3.00. The summed E-state index contributed by atoms with van der Waals surface area (Å²) in [6.45, 7) is 3.36. The predicted octanol–water partition coefficient (Wildman–Crippen LogP) is -3.72. The summed E-state index contributed by atoms with van der Waals surface area (Å²) in [5.41, 5.74) is 0. The molecule has 2 rings (SSSR count). The van der Waals surface area contributed by atoms with Gasteiger partial charge in [0.1, 0.15) is 6.54 Å². The third-order valence-corrected chi connectivity index (χ3v) is 2.15. The molecule has 0 saturated heterocycles. The number of nitrogens with one attached hydrogen (secondary N) is 1. The molecular formula is C14H20Br2N2. The van der Waals surface area contributed by atoms with Crippen molar-refractivity contribution in [2.75, 3.05) is 0 Å². The normalized spacial score (nSPS) is 8.06. The molecule has 0 bridgehead atoms. The van der Waals surface area contributed by atoms with Crippen LogP contribution in [0, 0.1) is 0 Å². The van der Waals surface area contributed by atoms with E-state index in [-0.39, 0.29) is 34.0 Å². The summed E-state index contributed by atoms with van der Waals surface area (Å²) in [6, 6.07) is 12.0. The van der Waals surface area contributed by atoms with Gasteiger partial charge in [0.05, 0.1) is 0 Å². The van der Waals surface area contributed by atoms with Gasteiger partial charge < -0.3 is 34.0 Å². The number of aryl methyl sites for hydroxylation is 1. The maximum atomic E-state index is 2.89. The highest BCUT2D eigenvalue weighted by molar-refractivity contribution is 4.83. The van der Waals surface area contributed by atoms with Gasteiger partial charge in [-0.25, -0.2) is 9.55 Å². The van der Waals surface area contributed by atoms with Crippen LogP contribution in [0.2, 0.25) is 0 Å². The van der Waals surface area contributed by atoms with Gasteiger partial charge in [-0.05, 0) is 0 Å². The van der Waals surface area contributed by atoms with Crippen LogP contribution in [0.25, 0.3) is 0 Å². The van der Waals surface area contributed by atoms with Gasteiger partial charge in [0.25, 0.3) is 0 Å². The zero-order chi connectivity index (χ0) is 11.5. The summed E-state index contributed by atoms with van der Waals surface area (Å²) in [4.78, 5) is 2.89. The van der Waals surface area contributed by atoms with Crippen LogP contribution < -0.4 is 43.5 Å². The van der Waals surface area contributed by atoms with Gasteiger partial charge >= 0.3 is 0 Å². The molecule has 18 heavy (non-hydrogen) atoms. The fraction of sp³-hybridized carbons (Fsp3) is 0.286. The number of aromatic amines is 1. The second kappa shape index (κ2) is 14.3. The van der Waals surface area contributed by atoms with Crippen LogP contribution in [-0.2, 0) is 6.54 Å². The van der Waals surface area contributed by atoms with Gasteiger partial charge in [-0.1, -0.05) is 25.5 Å². The molecule has 2 aromatic rings. The van der Waals surface area contributed by atoms with Gasteiger partial charge in [0, 0.05) is 30.7 Å². The van der Waals surface area contributed by atoms with Crippen LogP contribution in [0.15, 0.2) is 61.2 Å². The standard InChI is InChI=1S/C9H14N.C5H5N.2BrH/c1-2-3-7-10-8-5-4-6-9-10;1-2-4-6-5-3-1;;/h4-6,8-9H,2-3,7H2,1H3;1-5H;2*1H/q+1;;;/p-1. The molecule has 2 heterocycles. The zero-order valence-electron chi connectivity index (χ0n) is 10.6. The number of halogens is 2. The molecule has 0 aromatic carbocycles. The summed E-state index contributed by atoms with van der Waals surface area (Å²) in [5, 5.41) is 0. The molecule has 2 nitrogen and oxygen atoms in total. The summed E-state index contributed by atoms with van der Waals surface area (Å²) >= 11 is 0. The second-order valence-electron chi connectivity index (χ2n) is 3.54. The lowest BCUT2D eigenvalue weighted by molar-refractivity contribution is -0.697. The Morgan fingerprint density at radius 3 is 1.78 bits per heavy atom. The van der Waals surface area contributed by atoms with E-state index in [0.29, 0.717) is 0 Å². The van der Waals surface area contributed by atoms with E-state index in [1.165, 1.54) is 12.8 Å². The lowest BCUT2D eigenvalue weighted by Gasteiger charge is -1.91. The second-order valence-corrected chi connectivity index (χ2v) is 3.54. The van der Waals surface area contributed by atoms with E-state index in [0.717, 1.165) is 6.54 Å². The van der Waals surface area contributed by atoms with E-state index in [9.17, 15) is 0 Å². The fourth-order valence-electron chi connectivity index (χ4n) is 1.27. The SMILES string of the molecule is CCCC[n+]1ccccc1.[Br-].[Br-].c1cc[nH+]cc1. The number of aromatic nitrogens is 2. The zero-order valence-corrected chi connectivity index (χ0v) is 13.8. The molecule has 1 N–H and O–H groups in total. The van der Waals surface area contributed by atoms with Crippen molar-refractivity contribution >= 4 is 0 Å². The Labute approximate surface area is 131 Å². The van der Waals surface area contributed by atoms with Gasteiger partial charge in [0.2, 0.25) is 0 Å². The maximum absolute atomic E-state index is 2.89. The Morgan fingerprint density at radius 1 is 0.833 bits per heavy atom. The average Bonchev–Trinajstić information content (AvgIpc) is 2.40. The minimum atomic E-state index is 0. The molecule has 0 atom stereocenters. The Bertz CT molecular complexity index is 328. The van der Waals surface area contributed by atoms with Crippen LogP contribution in [0.1, 0.15) is 19.8 Å². The van der Waals surface area contributed by atoms with Crippen LogP contribution in [0.5, 0.6) is 0 Å². The van der Waals surface area contributed by atoms with Gasteiger partial charge in [-0.3, -0.25) is 0 Å². The average molecular weight is 376 g/mol. The van der Waals surface area contributed by atoms with E-state index >= 15 is 0 Å². The molecule has 0 radical (unpaired) electrons. The summed E-state index contributed by atoms with van der Waals surface area (Å²) in [6.07, 6.45) is 10.5. The topological polar surface area (TPSA) is 18.0 Å². The molecule has 0 fully saturated rings. The Balaban J connectivity index is 0. The van der Waals surface area contributed by atoms with E-state index in [1.807, 2.05) is 36.7 Å². The first-order chi connectivity index (χ1) is 7.93. The first-order valence-corrected chi connectivity index (χ1v) is 5.78. The van der Waals surface area contributed by atoms with Crippen LogP contribution in [-0.4, -0.2) is 0 Å². The summed E-state index contributed by atoms with van der Waals surface area (Å²) < 4.78 is 2.21. The molecule has 0 spiro atoms. The van der Waals surface area contributed by atoms with Gasteiger partial charge in [-0.2, -0.15) is 0 Å². The first kappa shape index (κ1) is 19.6. The fourth-order valence-corrected chi connectivity index (χ4v) is 1.27. The van der Waals surface area contributed by atoms with Crippen LogP contribution in [0.4, 0.5) is 0 Å². The number of nitrogens with zero attached hydrogens (tertiary/aromatic N) is 1. The van der Waals surface area contributed by atoms with E-state index in [2.05, 4.69) is 41.0 Å². The van der Waals surface area contributed by atoms with Gasteiger partial charge in [0.15, 0.2) is 24.8 Å². The first-order valence-electron chi connectivity index (χ1n) is 5.78. The number of hydrogen-bond acceptors (Lipinski definition) is 0. The summed E-state index contributed by atoms with van der Waals surface area (Å²) in [5.74, 6) is 0. The van der Waals surface area contributed by atoms with Crippen molar-refractivity contribution < 1.29 is 43.5 Å². The summed E-state index contributed by atoms with van der Waals surface area (Å²) in [7, 11) is 0. The number of pyridine rings is 2. The smallest absolute Gasteiger partial charge is 0.168 e. The number of H-pyrrole nitrogens is 1. The minimum Gasteiger partial charge on any atom is -1.00 e. The molecule has 0 unspecified atom stereocenters. The molecule has 0 saturated carbocycles. The highest BCUT2D eigenvalue weighted by Crippen LogP contribution is 1.85. The van der Waals surface area contributed by atoms with E-state index in [1.54, 1.807) is 0 Å². The minimum absolute atomic E-state index is 0. The third kappa shape index (κ3) is 10.4. The highest BCUT2D eigenvalue weighted by atomic mass is 79.9. The van der Waals surface area contributed by atoms with E-state index < -0.39 is 0 Å². The highest BCUT2D eigenvalue weighted by Gasteiger charge is 1.93. The largest absolute Gasteiger partial charge is 1.00 e. The van der Waals surface area contributed by atoms with Crippen molar-refractivity contribution in [1.82, 2.24) is 0 Å². The maximum Gasteiger partial charge on any atom is 0.168 e. The van der Waals surface area contributed by atoms with Crippen molar-refractivity contribution in [3.63, 3.8) is 0 Å². The Morgan fingerprint density at radius 2 is 1.39 bits per heavy atom. The molecule has 100 valence electrons.